The maximum atomic E-state index is 10.3. The molecular weight excluding hydrogens is 174 g/mol. The van der Waals surface area contributed by atoms with Gasteiger partial charge in [0.25, 0.3) is 0 Å². The van der Waals surface area contributed by atoms with Crippen LogP contribution in [0.25, 0.3) is 0 Å². The van der Waals surface area contributed by atoms with Crippen molar-refractivity contribution in [3.63, 3.8) is 0 Å². The zero-order chi connectivity index (χ0) is 10.0. The largest absolute Gasteiger partial charge is 0.385 e. The molecule has 2 heteroatoms. The van der Waals surface area contributed by atoms with E-state index in [0.717, 1.165) is 31.2 Å². The van der Waals surface area contributed by atoms with Crippen LogP contribution in [0.1, 0.15) is 36.8 Å². The van der Waals surface area contributed by atoms with E-state index in [4.69, 9.17) is 5.26 Å². The molecule has 1 aliphatic rings. The molecule has 0 heterocycles. The van der Waals surface area contributed by atoms with Gasteiger partial charge in [0.1, 0.15) is 0 Å². The molecule has 2 nitrogen and oxygen atoms in total. The van der Waals surface area contributed by atoms with E-state index in [1.54, 1.807) is 12.1 Å². The molecule has 1 aliphatic carbocycles. The van der Waals surface area contributed by atoms with Gasteiger partial charge in [-0.25, -0.2) is 0 Å². The lowest BCUT2D eigenvalue weighted by atomic mass is 9.91. The summed E-state index contributed by atoms with van der Waals surface area (Å²) in [6.45, 7) is 0. The lowest BCUT2D eigenvalue weighted by molar-refractivity contribution is 0.0444. The summed E-state index contributed by atoms with van der Waals surface area (Å²) in [5.74, 6) is 0. The molecule has 72 valence electrons. The number of aliphatic hydroxyl groups is 1. The van der Waals surface area contributed by atoms with Crippen LogP contribution in [0.4, 0.5) is 0 Å². The number of hydrogen-bond acceptors (Lipinski definition) is 2. The van der Waals surface area contributed by atoms with Gasteiger partial charge >= 0.3 is 0 Å². The van der Waals surface area contributed by atoms with Gasteiger partial charge in [-0.05, 0) is 30.5 Å². The Hall–Kier alpha value is -1.33. The molecule has 1 saturated carbocycles. The third-order valence-corrected chi connectivity index (χ3v) is 2.96. The van der Waals surface area contributed by atoms with Crippen LogP contribution in [-0.4, -0.2) is 5.11 Å². The Kier molecular flexibility index (Phi) is 2.26. The van der Waals surface area contributed by atoms with Crippen molar-refractivity contribution in [3.8, 4) is 6.07 Å². The lowest BCUT2D eigenvalue weighted by Gasteiger charge is -2.22. The van der Waals surface area contributed by atoms with Crippen LogP contribution >= 0.6 is 0 Å². The fourth-order valence-corrected chi connectivity index (χ4v) is 2.13. The van der Waals surface area contributed by atoms with E-state index in [9.17, 15) is 5.11 Å². The van der Waals surface area contributed by atoms with E-state index in [-0.39, 0.29) is 0 Å². The van der Waals surface area contributed by atoms with Gasteiger partial charge in [-0.1, -0.05) is 25.0 Å². The number of hydrogen-bond donors (Lipinski definition) is 1. The van der Waals surface area contributed by atoms with Gasteiger partial charge in [0, 0.05) is 0 Å². The zero-order valence-corrected chi connectivity index (χ0v) is 8.03. The maximum Gasteiger partial charge on any atom is 0.0991 e. The first kappa shape index (κ1) is 9.23. The number of benzene rings is 1. The van der Waals surface area contributed by atoms with Gasteiger partial charge in [-0.15, -0.1) is 0 Å². The van der Waals surface area contributed by atoms with Crippen molar-refractivity contribution < 1.29 is 5.11 Å². The first-order valence-corrected chi connectivity index (χ1v) is 4.98. The second-order valence-electron chi connectivity index (χ2n) is 3.93. The minimum atomic E-state index is -0.674. The highest BCUT2D eigenvalue weighted by molar-refractivity contribution is 5.35. The SMILES string of the molecule is N#Cc1cccc(C2(O)CCCC2)c1. The second kappa shape index (κ2) is 3.43. The minimum absolute atomic E-state index is 0.628. The molecule has 14 heavy (non-hydrogen) atoms. The lowest BCUT2D eigenvalue weighted by Crippen LogP contribution is -2.20. The molecule has 0 bridgehead atoms. The molecule has 0 aliphatic heterocycles. The normalized spacial score (nSPS) is 19.1. The fourth-order valence-electron chi connectivity index (χ4n) is 2.13. The number of rotatable bonds is 1. The molecule has 0 radical (unpaired) electrons. The Morgan fingerprint density at radius 2 is 2.00 bits per heavy atom. The van der Waals surface area contributed by atoms with E-state index in [0.29, 0.717) is 5.56 Å². The smallest absolute Gasteiger partial charge is 0.0991 e. The standard InChI is InChI=1S/C12H13NO/c13-9-10-4-3-5-11(8-10)12(14)6-1-2-7-12/h3-5,8,14H,1-2,6-7H2. The molecule has 1 aromatic carbocycles. The Bertz CT molecular complexity index is 372. The van der Waals surface area contributed by atoms with Gasteiger partial charge in [0.2, 0.25) is 0 Å². The van der Waals surface area contributed by atoms with E-state index in [2.05, 4.69) is 6.07 Å². The quantitative estimate of drug-likeness (QED) is 0.733. The van der Waals surface area contributed by atoms with Crippen LogP contribution < -0.4 is 0 Å². The predicted molar refractivity (Wildman–Crippen MR) is 53.5 cm³/mol. The first-order valence-electron chi connectivity index (χ1n) is 4.98. The highest BCUT2D eigenvalue weighted by atomic mass is 16.3. The first-order chi connectivity index (χ1) is 6.74. The summed E-state index contributed by atoms with van der Waals surface area (Å²) in [5.41, 5.74) is 0.851. The van der Waals surface area contributed by atoms with Gasteiger partial charge in [-0.2, -0.15) is 5.26 Å². The van der Waals surface area contributed by atoms with Crippen molar-refractivity contribution in [2.75, 3.05) is 0 Å². The summed E-state index contributed by atoms with van der Waals surface area (Å²) in [5, 5.41) is 19.0. The van der Waals surface area contributed by atoms with Gasteiger partial charge in [0.05, 0.1) is 17.2 Å². The average molecular weight is 187 g/mol. The molecule has 0 amide bonds. The third kappa shape index (κ3) is 1.51. The van der Waals surface area contributed by atoms with Crippen LogP contribution in [0, 0.1) is 11.3 Å². The molecule has 0 unspecified atom stereocenters. The molecule has 0 spiro atoms. The summed E-state index contributed by atoms with van der Waals surface area (Å²) >= 11 is 0. The molecule has 0 aromatic heterocycles. The summed E-state index contributed by atoms with van der Waals surface area (Å²) in [7, 11) is 0. The number of nitrogens with zero attached hydrogens (tertiary/aromatic N) is 1. The second-order valence-corrected chi connectivity index (χ2v) is 3.93. The topological polar surface area (TPSA) is 44.0 Å². The average Bonchev–Trinajstić information content (AvgIpc) is 2.67. The van der Waals surface area contributed by atoms with E-state index >= 15 is 0 Å². The predicted octanol–water partition coefficient (Wildman–Crippen LogP) is 2.32. The zero-order valence-electron chi connectivity index (χ0n) is 8.03. The van der Waals surface area contributed by atoms with Crippen molar-refractivity contribution in [1.29, 1.82) is 5.26 Å². The Balaban J connectivity index is 2.36. The fraction of sp³-hybridized carbons (Fsp3) is 0.417. The van der Waals surface area contributed by atoms with Crippen LogP contribution in [-0.2, 0) is 5.60 Å². The third-order valence-electron chi connectivity index (χ3n) is 2.96. The van der Waals surface area contributed by atoms with E-state index in [1.807, 2.05) is 12.1 Å². The summed E-state index contributed by atoms with van der Waals surface area (Å²) < 4.78 is 0. The number of nitriles is 1. The molecule has 1 fully saturated rings. The van der Waals surface area contributed by atoms with Gasteiger partial charge in [-0.3, -0.25) is 0 Å². The summed E-state index contributed by atoms with van der Waals surface area (Å²) in [4.78, 5) is 0. The van der Waals surface area contributed by atoms with Crippen molar-refractivity contribution in [2.45, 2.75) is 31.3 Å². The monoisotopic (exact) mass is 187 g/mol. The van der Waals surface area contributed by atoms with Gasteiger partial charge in [0.15, 0.2) is 0 Å². The molecule has 1 aromatic rings. The Labute approximate surface area is 83.8 Å². The van der Waals surface area contributed by atoms with Crippen molar-refractivity contribution >= 4 is 0 Å². The maximum absolute atomic E-state index is 10.3. The Morgan fingerprint density at radius 3 is 2.64 bits per heavy atom. The highest BCUT2D eigenvalue weighted by Crippen LogP contribution is 2.38. The van der Waals surface area contributed by atoms with Crippen LogP contribution in [0.2, 0.25) is 0 Å². The molecular formula is C12H13NO. The summed E-state index contributed by atoms with van der Waals surface area (Å²) in [6.07, 6.45) is 3.80. The van der Waals surface area contributed by atoms with Crippen LogP contribution in [0.5, 0.6) is 0 Å². The molecule has 1 N–H and O–H groups in total. The van der Waals surface area contributed by atoms with Crippen LogP contribution in [0.15, 0.2) is 24.3 Å². The van der Waals surface area contributed by atoms with E-state index < -0.39 is 5.60 Å². The molecule has 0 saturated heterocycles. The molecule has 0 atom stereocenters. The molecule has 2 rings (SSSR count). The Morgan fingerprint density at radius 1 is 1.29 bits per heavy atom. The van der Waals surface area contributed by atoms with Crippen molar-refractivity contribution in [3.05, 3.63) is 35.4 Å². The van der Waals surface area contributed by atoms with Crippen LogP contribution in [0.3, 0.4) is 0 Å². The van der Waals surface area contributed by atoms with E-state index in [1.165, 1.54) is 0 Å². The summed E-state index contributed by atoms with van der Waals surface area (Å²) in [6, 6.07) is 9.41. The van der Waals surface area contributed by atoms with Crippen molar-refractivity contribution in [2.24, 2.45) is 0 Å². The van der Waals surface area contributed by atoms with Gasteiger partial charge < -0.3 is 5.11 Å². The van der Waals surface area contributed by atoms with Crippen molar-refractivity contribution in [1.82, 2.24) is 0 Å². The minimum Gasteiger partial charge on any atom is -0.385 e. The highest BCUT2D eigenvalue weighted by Gasteiger charge is 2.32.